The quantitative estimate of drug-likeness (QED) is 0.761. The lowest BCUT2D eigenvalue weighted by molar-refractivity contribution is 0.304. The van der Waals surface area contributed by atoms with Gasteiger partial charge in [0.1, 0.15) is 18.6 Å². The van der Waals surface area contributed by atoms with E-state index >= 15 is 0 Å². The summed E-state index contributed by atoms with van der Waals surface area (Å²) >= 11 is 0. The highest BCUT2D eigenvalue weighted by molar-refractivity contribution is 5.36. The first-order chi connectivity index (χ1) is 7.38. The molecule has 0 saturated carbocycles. The molecule has 0 saturated heterocycles. The van der Waals surface area contributed by atoms with E-state index in [0.717, 1.165) is 5.56 Å². The van der Waals surface area contributed by atoms with Crippen molar-refractivity contribution in [2.24, 2.45) is 0 Å². The van der Waals surface area contributed by atoms with Crippen molar-refractivity contribution in [2.75, 3.05) is 0 Å². The van der Waals surface area contributed by atoms with Gasteiger partial charge in [0.2, 0.25) is 0 Å². The Bertz CT molecular complexity index is 472. The molecule has 0 unspecified atom stereocenters. The predicted octanol–water partition coefficient (Wildman–Crippen LogP) is 2.13. The second-order valence-corrected chi connectivity index (χ2v) is 2.96. The number of rotatable bonds is 3. The van der Waals surface area contributed by atoms with Crippen molar-refractivity contribution in [3.05, 3.63) is 47.9 Å². The Balaban J connectivity index is 2.02. The average molecular weight is 200 g/mol. The zero-order chi connectivity index (χ0) is 10.5. The van der Waals surface area contributed by atoms with Gasteiger partial charge in [-0.25, -0.2) is 0 Å². The Morgan fingerprint density at radius 1 is 1.47 bits per heavy atom. The van der Waals surface area contributed by atoms with Crippen LogP contribution in [0.3, 0.4) is 0 Å². The molecule has 0 fully saturated rings. The SMILES string of the molecule is N#Cc1cccc(OCc2cnoc2)c1. The summed E-state index contributed by atoms with van der Waals surface area (Å²) in [6, 6.07) is 9.05. The molecule has 0 amide bonds. The van der Waals surface area contributed by atoms with Gasteiger partial charge in [-0.15, -0.1) is 0 Å². The van der Waals surface area contributed by atoms with Crippen LogP contribution in [-0.2, 0) is 6.61 Å². The summed E-state index contributed by atoms with van der Waals surface area (Å²) < 4.78 is 10.1. The average Bonchev–Trinajstić information content (AvgIpc) is 2.79. The molecule has 0 bridgehead atoms. The number of benzene rings is 1. The summed E-state index contributed by atoms with van der Waals surface area (Å²) in [5, 5.41) is 12.2. The van der Waals surface area contributed by atoms with Crippen molar-refractivity contribution in [2.45, 2.75) is 6.61 Å². The summed E-state index contributed by atoms with van der Waals surface area (Å²) in [7, 11) is 0. The third-order valence-electron chi connectivity index (χ3n) is 1.85. The van der Waals surface area contributed by atoms with E-state index < -0.39 is 0 Å². The minimum Gasteiger partial charge on any atom is -0.489 e. The topological polar surface area (TPSA) is 59.0 Å². The van der Waals surface area contributed by atoms with E-state index in [4.69, 9.17) is 10.00 Å². The van der Waals surface area contributed by atoms with Gasteiger partial charge in [0.15, 0.2) is 0 Å². The molecular formula is C11H8N2O2. The fourth-order valence-electron chi connectivity index (χ4n) is 1.12. The molecule has 0 spiro atoms. The summed E-state index contributed by atoms with van der Waals surface area (Å²) in [4.78, 5) is 0. The van der Waals surface area contributed by atoms with Crippen LogP contribution in [0.4, 0.5) is 0 Å². The molecule has 1 aromatic carbocycles. The molecule has 74 valence electrons. The van der Waals surface area contributed by atoms with Gasteiger partial charge >= 0.3 is 0 Å². The molecule has 2 aromatic rings. The van der Waals surface area contributed by atoms with Crippen molar-refractivity contribution in [1.82, 2.24) is 5.16 Å². The zero-order valence-corrected chi connectivity index (χ0v) is 7.88. The van der Waals surface area contributed by atoms with Crippen molar-refractivity contribution >= 4 is 0 Å². The molecule has 0 atom stereocenters. The first-order valence-electron chi connectivity index (χ1n) is 4.40. The lowest BCUT2D eigenvalue weighted by Crippen LogP contribution is -1.93. The first-order valence-corrected chi connectivity index (χ1v) is 4.40. The normalized spacial score (nSPS) is 9.53. The van der Waals surface area contributed by atoms with Gasteiger partial charge in [-0.05, 0) is 18.2 Å². The Morgan fingerprint density at radius 3 is 3.13 bits per heavy atom. The van der Waals surface area contributed by atoms with Crippen LogP contribution in [0.1, 0.15) is 11.1 Å². The van der Waals surface area contributed by atoms with Crippen LogP contribution < -0.4 is 4.74 Å². The fraction of sp³-hybridized carbons (Fsp3) is 0.0909. The molecule has 0 N–H and O–H groups in total. The number of nitrogens with zero attached hydrogens (tertiary/aromatic N) is 2. The zero-order valence-electron chi connectivity index (χ0n) is 7.88. The van der Waals surface area contributed by atoms with Crippen molar-refractivity contribution in [3.63, 3.8) is 0 Å². The number of hydrogen-bond acceptors (Lipinski definition) is 4. The number of nitriles is 1. The van der Waals surface area contributed by atoms with Gasteiger partial charge in [-0.3, -0.25) is 0 Å². The van der Waals surface area contributed by atoms with E-state index in [2.05, 4.69) is 9.68 Å². The van der Waals surface area contributed by atoms with Crippen LogP contribution in [0.5, 0.6) is 5.75 Å². The van der Waals surface area contributed by atoms with Crippen LogP contribution in [0.15, 0.2) is 41.2 Å². The van der Waals surface area contributed by atoms with Crippen LogP contribution in [0.2, 0.25) is 0 Å². The molecule has 0 aliphatic heterocycles. The molecule has 1 aromatic heterocycles. The second-order valence-electron chi connectivity index (χ2n) is 2.96. The largest absolute Gasteiger partial charge is 0.489 e. The van der Waals surface area contributed by atoms with Gasteiger partial charge in [0.25, 0.3) is 0 Å². The third kappa shape index (κ3) is 2.35. The monoisotopic (exact) mass is 200 g/mol. The maximum absolute atomic E-state index is 8.68. The minimum atomic E-state index is 0.387. The molecule has 0 aliphatic carbocycles. The van der Waals surface area contributed by atoms with Gasteiger partial charge in [0, 0.05) is 5.56 Å². The molecular weight excluding hydrogens is 192 g/mol. The van der Waals surface area contributed by atoms with Gasteiger partial charge < -0.3 is 9.26 Å². The summed E-state index contributed by atoms with van der Waals surface area (Å²) in [5.74, 6) is 0.662. The number of aromatic nitrogens is 1. The van der Waals surface area contributed by atoms with Crippen molar-refractivity contribution in [3.8, 4) is 11.8 Å². The molecule has 0 aliphatic rings. The van der Waals surface area contributed by atoms with E-state index in [9.17, 15) is 0 Å². The number of ether oxygens (including phenoxy) is 1. The summed E-state index contributed by atoms with van der Waals surface area (Å²) in [6.45, 7) is 0.387. The Kier molecular flexibility index (Phi) is 2.65. The lowest BCUT2D eigenvalue weighted by atomic mass is 10.2. The van der Waals surface area contributed by atoms with E-state index in [1.54, 1.807) is 30.5 Å². The van der Waals surface area contributed by atoms with E-state index in [1.807, 2.05) is 6.07 Å². The highest BCUT2D eigenvalue weighted by atomic mass is 16.5. The van der Waals surface area contributed by atoms with E-state index in [0.29, 0.717) is 17.9 Å². The molecule has 1 heterocycles. The molecule has 0 radical (unpaired) electrons. The van der Waals surface area contributed by atoms with E-state index in [1.165, 1.54) is 6.26 Å². The lowest BCUT2D eigenvalue weighted by Gasteiger charge is -2.03. The third-order valence-corrected chi connectivity index (χ3v) is 1.85. The van der Waals surface area contributed by atoms with E-state index in [-0.39, 0.29) is 0 Å². The highest BCUT2D eigenvalue weighted by Gasteiger charge is 1.98. The van der Waals surface area contributed by atoms with Crippen LogP contribution >= 0.6 is 0 Å². The Labute approximate surface area is 86.7 Å². The maximum Gasteiger partial charge on any atom is 0.130 e. The smallest absolute Gasteiger partial charge is 0.130 e. The molecule has 2 rings (SSSR count). The van der Waals surface area contributed by atoms with Gasteiger partial charge in [-0.2, -0.15) is 5.26 Å². The van der Waals surface area contributed by atoms with Gasteiger partial charge in [-0.1, -0.05) is 11.2 Å². The van der Waals surface area contributed by atoms with Crippen molar-refractivity contribution < 1.29 is 9.26 Å². The van der Waals surface area contributed by atoms with Crippen LogP contribution in [0.25, 0.3) is 0 Å². The Hall–Kier alpha value is -2.28. The molecule has 15 heavy (non-hydrogen) atoms. The van der Waals surface area contributed by atoms with Crippen LogP contribution in [0, 0.1) is 11.3 Å². The summed E-state index contributed by atoms with van der Waals surface area (Å²) in [6.07, 6.45) is 3.11. The highest BCUT2D eigenvalue weighted by Crippen LogP contribution is 2.14. The summed E-state index contributed by atoms with van der Waals surface area (Å²) in [5.41, 5.74) is 1.44. The van der Waals surface area contributed by atoms with Crippen molar-refractivity contribution in [1.29, 1.82) is 5.26 Å². The molecule has 4 nitrogen and oxygen atoms in total. The first kappa shape index (κ1) is 9.28. The number of hydrogen-bond donors (Lipinski definition) is 0. The maximum atomic E-state index is 8.68. The Morgan fingerprint density at radius 2 is 2.40 bits per heavy atom. The molecule has 4 heteroatoms. The fourth-order valence-corrected chi connectivity index (χ4v) is 1.12. The van der Waals surface area contributed by atoms with Crippen LogP contribution in [-0.4, -0.2) is 5.16 Å². The predicted molar refractivity (Wildman–Crippen MR) is 52.0 cm³/mol. The van der Waals surface area contributed by atoms with Gasteiger partial charge in [0.05, 0.1) is 17.8 Å². The standard InChI is InChI=1S/C11H8N2O2/c12-5-9-2-1-3-11(4-9)14-7-10-6-13-15-8-10/h1-4,6,8H,7H2. The minimum absolute atomic E-state index is 0.387. The second kappa shape index (κ2) is 4.29.